The number of nitrogens with zero attached hydrogens (tertiary/aromatic N) is 1. The van der Waals surface area contributed by atoms with Crippen molar-refractivity contribution in [2.75, 3.05) is 4.90 Å². The number of furan rings is 2. The zero-order valence-electron chi connectivity index (χ0n) is 27.9. The van der Waals surface area contributed by atoms with Crippen LogP contribution in [0.5, 0.6) is 0 Å². The van der Waals surface area contributed by atoms with Gasteiger partial charge >= 0.3 is 0 Å². The molecule has 0 bridgehead atoms. The second kappa shape index (κ2) is 11.5. The SMILES string of the molecule is c1ccc(-c2ccc3sc4ccccc4c3c2N(c2ccc3c(c2)oc2ccccc23)c2ccc(-c3ccccc3)c3oc4ccccc4c23)cc1. The minimum Gasteiger partial charge on any atom is -0.456 e. The first-order chi connectivity index (χ1) is 25.8. The molecule has 0 radical (unpaired) electrons. The van der Waals surface area contributed by atoms with Crippen LogP contribution in [0.15, 0.2) is 185 Å². The smallest absolute Gasteiger partial charge is 0.145 e. The molecule has 0 atom stereocenters. The highest BCUT2D eigenvalue weighted by atomic mass is 32.1. The van der Waals surface area contributed by atoms with Crippen LogP contribution in [-0.2, 0) is 0 Å². The fraction of sp³-hybridized carbons (Fsp3) is 0. The van der Waals surface area contributed by atoms with Crippen molar-refractivity contribution in [1.29, 1.82) is 0 Å². The van der Waals surface area contributed by atoms with Crippen LogP contribution in [0.2, 0.25) is 0 Å². The minimum absolute atomic E-state index is 0.849. The maximum absolute atomic E-state index is 6.83. The van der Waals surface area contributed by atoms with Crippen LogP contribution >= 0.6 is 11.3 Å². The lowest BCUT2D eigenvalue weighted by atomic mass is 9.96. The van der Waals surface area contributed by atoms with E-state index in [1.165, 1.54) is 20.2 Å². The Morgan fingerprint density at radius 3 is 1.81 bits per heavy atom. The van der Waals surface area contributed by atoms with Crippen molar-refractivity contribution in [2.45, 2.75) is 0 Å². The summed E-state index contributed by atoms with van der Waals surface area (Å²) in [6.07, 6.45) is 0. The topological polar surface area (TPSA) is 29.5 Å². The predicted molar refractivity (Wildman–Crippen MR) is 219 cm³/mol. The summed E-state index contributed by atoms with van der Waals surface area (Å²) in [5.41, 5.74) is 11.1. The zero-order valence-corrected chi connectivity index (χ0v) is 28.7. The molecule has 0 aliphatic heterocycles. The van der Waals surface area contributed by atoms with Gasteiger partial charge in [0.05, 0.1) is 16.8 Å². The second-order valence-electron chi connectivity index (χ2n) is 13.2. The number of anilines is 3. The summed E-state index contributed by atoms with van der Waals surface area (Å²) in [6.45, 7) is 0. The Bertz CT molecular complexity index is 3130. The summed E-state index contributed by atoms with van der Waals surface area (Å²) >= 11 is 1.84. The number of thiophene rings is 1. The van der Waals surface area contributed by atoms with E-state index in [0.717, 1.165) is 83.2 Å². The van der Waals surface area contributed by atoms with E-state index in [1.807, 2.05) is 29.5 Å². The van der Waals surface area contributed by atoms with Crippen molar-refractivity contribution in [3.63, 3.8) is 0 Å². The highest BCUT2D eigenvalue weighted by molar-refractivity contribution is 7.26. The van der Waals surface area contributed by atoms with E-state index < -0.39 is 0 Å². The second-order valence-corrected chi connectivity index (χ2v) is 14.3. The Kier molecular flexibility index (Phi) is 6.42. The lowest BCUT2D eigenvalue weighted by Gasteiger charge is -2.30. The third-order valence-electron chi connectivity index (χ3n) is 10.3. The van der Waals surface area contributed by atoms with Crippen molar-refractivity contribution in [3.8, 4) is 22.3 Å². The molecule has 0 amide bonds. The van der Waals surface area contributed by atoms with Crippen molar-refractivity contribution in [3.05, 3.63) is 176 Å². The predicted octanol–water partition coefficient (Wildman–Crippen LogP) is 14.7. The first-order valence-electron chi connectivity index (χ1n) is 17.5. The largest absolute Gasteiger partial charge is 0.456 e. The summed E-state index contributed by atoms with van der Waals surface area (Å²) < 4.78 is 15.9. The molecule has 0 saturated carbocycles. The molecule has 3 heterocycles. The van der Waals surface area contributed by atoms with Gasteiger partial charge in [-0.1, -0.05) is 121 Å². The summed E-state index contributed by atoms with van der Waals surface area (Å²) in [7, 11) is 0. The average Bonchev–Trinajstić information content (AvgIpc) is 3.90. The van der Waals surface area contributed by atoms with Gasteiger partial charge < -0.3 is 13.7 Å². The van der Waals surface area contributed by atoms with Crippen molar-refractivity contribution in [1.82, 2.24) is 0 Å². The lowest BCUT2D eigenvalue weighted by Crippen LogP contribution is -2.12. The van der Waals surface area contributed by atoms with Gasteiger partial charge in [-0.2, -0.15) is 0 Å². The van der Waals surface area contributed by atoms with Crippen LogP contribution < -0.4 is 4.90 Å². The molecule has 0 unspecified atom stereocenters. The van der Waals surface area contributed by atoms with Gasteiger partial charge in [-0.25, -0.2) is 0 Å². The monoisotopic (exact) mass is 683 g/mol. The van der Waals surface area contributed by atoms with Gasteiger partial charge in [-0.15, -0.1) is 11.3 Å². The summed E-state index contributed by atoms with van der Waals surface area (Å²) in [4.78, 5) is 2.45. The van der Waals surface area contributed by atoms with Crippen LogP contribution in [0, 0.1) is 0 Å². The van der Waals surface area contributed by atoms with Crippen molar-refractivity contribution in [2.24, 2.45) is 0 Å². The number of fused-ring (bicyclic) bond motifs is 9. The number of para-hydroxylation sites is 2. The zero-order chi connectivity index (χ0) is 34.2. The lowest BCUT2D eigenvalue weighted by molar-refractivity contribution is 0.669. The Morgan fingerprint density at radius 1 is 0.404 bits per heavy atom. The van der Waals surface area contributed by atoms with Crippen LogP contribution in [0.3, 0.4) is 0 Å². The molecule has 0 spiro atoms. The summed E-state index contributed by atoms with van der Waals surface area (Å²) in [6, 6.07) is 62.4. The Balaban J connectivity index is 1.32. The quantitative estimate of drug-likeness (QED) is 0.181. The first-order valence-corrected chi connectivity index (χ1v) is 18.3. The molecular weight excluding hydrogens is 655 g/mol. The Labute approximate surface area is 303 Å². The number of hydrogen-bond donors (Lipinski definition) is 0. The van der Waals surface area contributed by atoms with E-state index in [0.29, 0.717) is 0 Å². The molecule has 0 saturated heterocycles. The van der Waals surface area contributed by atoms with Crippen LogP contribution in [0.25, 0.3) is 86.3 Å². The van der Waals surface area contributed by atoms with Gasteiger partial charge in [0.1, 0.15) is 22.3 Å². The molecule has 0 N–H and O–H groups in total. The van der Waals surface area contributed by atoms with Gasteiger partial charge in [0.15, 0.2) is 0 Å². The van der Waals surface area contributed by atoms with Gasteiger partial charge in [0.25, 0.3) is 0 Å². The molecular formula is C48H29NO2S. The van der Waals surface area contributed by atoms with Crippen molar-refractivity contribution >= 4 is 92.4 Å². The molecule has 11 aromatic rings. The van der Waals surface area contributed by atoms with Gasteiger partial charge in [0.2, 0.25) is 0 Å². The minimum atomic E-state index is 0.849. The van der Waals surface area contributed by atoms with E-state index in [2.05, 4.69) is 163 Å². The highest BCUT2D eigenvalue weighted by Gasteiger charge is 2.27. The molecule has 11 rings (SSSR count). The number of benzene rings is 8. The standard InChI is InChI=1S/C48H29NO2S/c1-3-13-30(14-4-1)33-26-28-44-46(38-19-9-12-22-43(38)52-44)47(33)49(32-23-24-36-35-17-7-10-20-40(35)50-42(36)29-32)39-27-25-34(31-15-5-2-6-16-31)48-45(39)37-18-8-11-21-41(37)51-48/h1-29H. The van der Waals surface area contributed by atoms with Gasteiger partial charge in [0, 0.05) is 59.2 Å². The van der Waals surface area contributed by atoms with Gasteiger partial charge in [-0.05, 0) is 59.7 Å². The highest BCUT2D eigenvalue weighted by Crippen LogP contribution is 2.53. The van der Waals surface area contributed by atoms with E-state index in [9.17, 15) is 0 Å². The van der Waals surface area contributed by atoms with E-state index in [4.69, 9.17) is 8.83 Å². The fourth-order valence-electron chi connectivity index (χ4n) is 7.97. The first kappa shape index (κ1) is 29.1. The van der Waals surface area contributed by atoms with E-state index in [-0.39, 0.29) is 0 Å². The molecule has 0 aliphatic carbocycles. The molecule has 3 nitrogen and oxygen atoms in total. The van der Waals surface area contributed by atoms with Gasteiger partial charge in [-0.3, -0.25) is 0 Å². The maximum Gasteiger partial charge on any atom is 0.145 e. The molecule has 0 fully saturated rings. The number of hydrogen-bond acceptors (Lipinski definition) is 4. The van der Waals surface area contributed by atoms with Crippen LogP contribution in [0.1, 0.15) is 0 Å². The number of rotatable bonds is 5. The molecule has 4 heteroatoms. The van der Waals surface area contributed by atoms with Crippen LogP contribution in [0.4, 0.5) is 17.1 Å². The summed E-state index contributed by atoms with van der Waals surface area (Å²) in [5.74, 6) is 0. The maximum atomic E-state index is 6.83. The third kappa shape index (κ3) is 4.38. The van der Waals surface area contributed by atoms with E-state index >= 15 is 0 Å². The van der Waals surface area contributed by atoms with Crippen molar-refractivity contribution < 1.29 is 8.83 Å². The average molecular weight is 684 g/mol. The normalized spacial score (nSPS) is 11.8. The van der Waals surface area contributed by atoms with E-state index in [1.54, 1.807) is 0 Å². The molecule has 0 aliphatic rings. The summed E-state index contributed by atoms with van der Waals surface area (Å²) in [5, 5.41) is 6.81. The molecule has 8 aromatic carbocycles. The molecule has 244 valence electrons. The Morgan fingerprint density at radius 2 is 1.02 bits per heavy atom. The molecule has 3 aromatic heterocycles. The Hall–Kier alpha value is -6.62. The van der Waals surface area contributed by atoms with Crippen LogP contribution in [-0.4, -0.2) is 0 Å². The molecule has 52 heavy (non-hydrogen) atoms. The third-order valence-corrected chi connectivity index (χ3v) is 11.4. The fourth-order valence-corrected chi connectivity index (χ4v) is 9.07.